The first kappa shape index (κ1) is 76.1. The lowest BCUT2D eigenvalue weighted by molar-refractivity contribution is 1.19. The third-order valence-electron chi connectivity index (χ3n) is 29.1. The minimum atomic E-state index is 1.17. The smallest absolute Gasteiger partial charge is 0.0626 e. The molecule has 3 heteroatoms. The van der Waals surface area contributed by atoms with E-state index in [1.54, 1.807) is 0 Å². The van der Waals surface area contributed by atoms with Crippen molar-refractivity contribution >= 4 is 227 Å². The molecule has 0 unspecified atom stereocenters. The molecule has 135 heavy (non-hydrogen) atoms. The first-order valence-corrected chi connectivity index (χ1v) is 46.9. The van der Waals surface area contributed by atoms with Gasteiger partial charge in [0.15, 0.2) is 0 Å². The molecule has 0 saturated heterocycles. The van der Waals surface area contributed by atoms with Crippen LogP contribution in [0.1, 0.15) is 0 Å². The molecule has 0 N–H and O–H groups in total. The van der Waals surface area contributed by atoms with Gasteiger partial charge >= 0.3 is 0 Å². The van der Waals surface area contributed by atoms with E-state index >= 15 is 0 Å². The molecule has 0 atom stereocenters. The Morgan fingerprint density at radius 1 is 0.119 bits per heavy atom. The van der Waals surface area contributed by atoms with Crippen LogP contribution in [0.4, 0.5) is 0 Å². The summed E-state index contributed by atoms with van der Waals surface area (Å²) < 4.78 is 7.54. The van der Waals surface area contributed by atoms with Gasteiger partial charge in [0, 0.05) is 81.4 Å². The number of benzene rings is 27. The summed E-state index contributed by atoms with van der Waals surface area (Å²) in [6.07, 6.45) is 0. The minimum Gasteiger partial charge on any atom is -0.309 e. The molecule has 0 saturated carbocycles. The summed E-state index contributed by atoms with van der Waals surface area (Å²) in [7, 11) is 0. The van der Waals surface area contributed by atoms with E-state index in [9.17, 15) is 0 Å². The van der Waals surface area contributed by atoms with Gasteiger partial charge in [-0.2, -0.15) is 0 Å². The van der Waals surface area contributed by atoms with Gasteiger partial charge in [-0.15, -0.1) is 0 Å². The van der Waals surface area contributed by atoms with Gasteiger partial charge in [0.05, 0.1) is 38.8 Å². The van der Waals surface area contributed by atoms with E-state index in [0.717, 1.165) is 0 Å². The Bertz CT molecular complexity index is 10300. The van der Waals surface area contributed by atoms with E-state index in [0.29, 0.717) is 0 Å². The van der Waals surface area contributed by atoms with Gasteiger partial charge in [-0.05, 0) is 212 Å². The van der Waals surface area contributed by atoms with E-state index in [1.807, 2.05) is 0 Å². The van der Waals surface area contributed by atoms with Crippen LogP contribution < -0.4 is 0 Å². The van der Waals surface area contributed by atoms with Crippen molar-refractivity contribution in [1.82, 2.24) is 13.7 Å². The standard InChI is InChI=1S/3C44H27N/c1-2-17-31-28(13-1)14-12-25-32(31)29-15-11-16-30(27-29)45-40-26-10-9-24-39(40)43-42-36-21-6-4-19-34(36)33-18-3-5-20-35(33)41(42)37-22-7-8-23-38(37)44(43)45;1-2-14-28(15-3-1)29-26-27-40(33-19-7-4-16-30(29)33)45-39-25-13-12-24-38(39)43-42-35-21-9-6-18-32(35)31-17-5-8-20-34(31)41(42)36-22-10-11-23-37(36)44(43)45;1-2-12-28(13-3-1)29-22-23-31-27-32(25-24-30(31)26-29)45-40-21-11-10-20-39(40)43-42-36-17-7-5-15-34(36)33-14-4-6-16-35(33)41(42)37-18-8-9-19-38(37)44(43)45/h3*1-27H. The van der Waals surface area contributed by atoms with Crippen molar-refractivity contribution in [3.63, 3.8) is 0 Å². The second kappa shape index (κ2) is 30.4. The molecule has 30 rings (SSSR count). The summed E-state index contributed by atoms with van der Waals surface area (Å²) in [5.74, 6) is 0. The average Bonchev–Trinajstić information content (AvgIpc) is 1.58. The van der Waals surface area contributed by atoms with Crippen LogP contribution in [-0.2, 0) is 0 Å². The molecule has 0 aliphatic carbocycles. The summed E-state index contributed by atoms with van der Waals surface area (Å²) >= 11 is 0. The quantitative estimate of drug-likeness (QED) is 0.147. The number of para-hydroxylation sites is 3. The van der Waals surface area contributed by atoms with Gasteiger partial charge in [-0.25, -0.2) is 0 Å². The zero-order valence-electron chi connectivity index (χ0n) is 73.6. The molecule has 27 aromatic carbocycles. The fraction of sp³-hybridized carbons (Fsp3) is 0. The van der Waals surface area contributed by atoms with Crippen LogP contribution in [0.2, 0.25) is 0 Å². The second-order valence-corrected chi connectivity index (χ2v) is 36.1. The highest BCUT2D eigenvalue weighted by Crippen LogP contribution is 2.54. The van der Waals surface area contributed by atoms with Crippen LogP contribution in [-0.4, -0.2) is 13.7 Å². The maximum Gasteiger partial charge on any atom is 0.0626 e. The predicted molar refractivity (Wildman–Crippen MR) is 581 cm³/mol. The molecule has 0 radical (unpaired) electrons. The number of hydrogen-bond donors (Lipinski definition) is 0. The highest BCUT2D eigenvalue weighted by molar-refractivity contribution is 6.46. The van der Waals surface area contributed by atoms with Crippen molar-refractivity contribution in [1.29, 1.82) is 0 Å². The Morgan fingerprint density at radius 3 is 0.867 bits per heavy atom. The van der Waals surface area contributed by atoms with E-state index in [4.69, 9.17) is 0 Å². The Morgan fingerprint density at radius 2 is 0.415 bits per heavy atom. The maximum atomic E-state index is 2.54. The largest absolute Gasteiger partial charge is 0.309 e. The lowest BCUT2D eigenvalue weighted by atomic mass is 9.88. The molecular formula is C132H81N3. The molecule has 0 spiro atoms. The summed E-state index contributed by atoms with van der Waals surface area (Å²) in [4.78, 5) is 0. The SMILES string of the molecule is c1cc(-c2cccc3ccccc23)cc(-n2c3ccccc3c3c4c5ccccc5c5ccccc5c4c4ccccc4c32)c1.c1ccc(-c2ccc(-n3c4ccccc4c4c5c6ccccc6c6ccccc6c5c5ccccc5c43)c3ccccc23)cc1.c1ccc(-c2ccc3cc(-n4c5ccccc5c5c6c7ccccc7c7ccccc7c6c6ccccc6c54)ccc3c2)cc1. The molecule has 0 aliphatic rings. The fourth-order valence-electron chi connectivity index (χ4n) is 23.6. The fourth-order valence-corrected chi connectivity index (χ4v) is 23.6. The van der Waals surface area contributed by atoms with Crippen LogP contribution in [0.3, 0.4) is 0 Å². The topological polar surface area (TPSA) is 14.8 Å². The normalized spacial score (nSPS) is 12.0. The van der Waals surface area contributed by atoms with Gasteiger partial charge in [-0.1, -0.05) is 437 Å². The Balaban J connectivity index is 0.000000101. The molecule has 0 amide bonds. The van der Waals surface area contributed by atoms with E-state index in [1.165, 1.54) is 277 Å². The molecule has 624 valence electrons. The number of fused-ring (bicyclic) bond motifs is 42. The van der Waals surface area contributed by atoms with Crippen molar-refractivity contribution in [3.8, 4) is 50.4 Å². The molecule has 0 aliphatic heterocycles. The monoisotopic (exact) mass is 1710 g/mol. The lowest BCUT2D eigenvalue weighted by Crippen LogP contribution is -1.97. The van der Waals surface area contributed by atoms with Gasteiger partial charge < -0.3 is 13.7 Å². The van der Waals surface area contributed by atoms with Crippen LogP contribution in [0.25, 0.3) is 277 Å². The number of rotatable bonds is 6. The van der Waals surface area contributed by atoms with E-state index in [-0.39, 0.29) is 0 Å². The number of nitrogens with zero attached hydrogens (tertiary/aromatic N) is 3. The molecular weight excluding hydrogens is 1630 g/mol. The van der Waals surface area contributed by atoms with Crippen molar-refractivity contribution in [2.75, 3.05) is 0 Å². The number of hydrogen-bond acceptors (Lipinski definition) is 0. The van der Waals surface area contributed by atoms with Crippen molar-refractivity contribution in [3.05, 3.63) is 491 Å². The summed E-state index contributed by atoms with van der Waals surface area (Å²) in [6, 6.07) is 180. The van der Waals surface area contributed by atoms with Gasteiger partial charge in [0.2, 0.25) is 0 Å². The zero-order valence-corrected chi connectivity index (χ0v) is 73.6. The van der Waals surface area contributed by atoms with Crippen molar-refractivity contribution in [2.45, 2.75) is 0 Å². The van der Waals surface area contributed by atoms with E-state index in [2.05, 4.69) is 505 Å². The second-order valence-electron chi connectivity index (χ2n) is 36.1. The van der Waals surface area contributed by atoms with Crippen LogP contribution >= 0.6 is 0 Å². The molecule has 3 aromatic heterocycles. The highest BCUT2D eigenvalue weighted by Gasteiger charge is 2.28. The minimum absolute atomic E-state index is 1.17. The average molecular weight is 1710 g/mol. The van der Waals surface area contributed by atoms with Gasteiger partial charge in [0.25, 0.3) is 0 Å². The summed E-state index contributed by atoms with van der Waals surface area (Å²) in [6.45, 7) is 0. The van der Waals surface area contributed by atoms with E-state index < -0.39 is 0 Å². The van der Waals surface area contributed by atoms with Crippen molar-refractivity contribution < 1.29 is 0 Å². The Hall–Kier alpha value is -17.8. The first-order valence-electron chi connectivity index (χ1n) is 46.9. The highest BCUT2D eigenvalue weighted by atomic mass is 15.0. The van der Waals surface area contributed by atoms with Crippen LogP contribution in [0, 0.1) is 0 Å². The molecule has 3 heterocycles. The number of aromatic nitrogens is 3. The maximum absolute atomic E-state index is 2.54. The lowest BCUT2D eigenvalue weighted by Gasteiger charge is -2.18. The third kappa shape index (κ3) is 11.5. The van der Waals surface area contributed by atoms with Crippen LogP contribution in [0.5, 0.6) is 0 Å². The zero-order chi connectivity index (χ0) is 88.5. The van der Waals surface area contributed by atoms with Gasteiger partial charge in [0.1, 0.15) is 0 Å². The summed E-state index contributed by atoms with van der Waals surface area (Å²) in [5, 5.41) is 46.6. The van der Waals surface area contributed by atoms with Crippen molar-refractivity contribution in [2.24, 2.45) is 0 Å². The predicted octanol–water partition coefficient (Wildman–Crippen LogP) is 36.7. The first-order chi connectivity index (χ1) is 67.1. The molecule has 30 aromatic rings. The Kier molecular flexibility index (Phi) is 17.2. The Labute approximate surface area is 776 Å². The molecule has 3 nitrogen and oxygen atoms in total. The van der Waals surface area contributed by atoms with Gasteiger partial charge in [-0.3, -0.25) is 0 Å². The molecule has 0 fully saturated rings. The van der Waals surface area contributed by atoms with Crippen LogP contribution in [0.15, 0.2) is 491 Å². The molecule has 0 bridgehead atoms. The summed E-state index contributed by atoms with van der Waals surface area (Å²) in [5.41, 5.74) is 18.4. The third-order valence-corrected chi connectivity index (χ3v) is 29.1.